The van der Waals surface area contributed by atoms with Crippen molar-refractivity contribution in [2.24, 2.45) is 0 Å². The predicted octanol–water partition coefficient (Wildman–Crippen LogP) is 1.40. The Morgan fingerprint density at radius 3 is 3.00 bits per heavy atom. The number of imidazole rings is 1. The molecule has 0 amide bonds. The van der Waals surface area contributed by atoms with Crippen LogP contribution in [0.2, 0.25) is 5.28 Å². The van der Waals surface area contributed by atoms with Crippen molar-refractivity contribution in [1.29, 1.82) is 0 Å². The Hall–Kier alpha value is -1.29. The molecule has 0 aliphatic rings. The Kier molecular flexibility index (Phi) is 1.44. The minimum atomic E-state index is -0.0481. The highest BCUT2D eigenvalue weighted by Crippen LogP contribution is 2.17. The van der Waals surface area contributed by atoms with Crippen molar-refractivity contribution in [3.05, 3.63) is 23.2 Å². The van der Waals surface area contributed by atoms with Gasteiger partial charge in [-0.2, -0.15) is 4.98 Å². The van der Waals surface area contributed by atoms with Gasteiger partial charge in [-0.25, -0.2) is 4.98 Å². The molecule has 0 spiro atoms. The molecular weight excluding hydrogens is 178 g/mol. The van der Waals surface area contributed by atoms with E-state index in [9.17, 15) is 0 Å². The lowest BCUT2D eigenvalue weighted by Crippen LogP contribution is -1.91. The van der Waals surface area contributed by atoms with E-state index in [1.807, 2.05) is 6.92 Å². The van der Waals surface area contributed by atoms with Gasteiger partial charge in [-0.05, 0) is 18.5 Å². The summed E-state index contributed by atoms with van der Waals surface area (Å²) in [7, 11) is 0. The number of aromatic nitrogens is 3. The molecule has 0 aliphatic carbocycles. The summed E-state index contributed by atoms with van der Waals surface area (Å²) >= 11 is 5.74. The maximum absolute atomic E-state index is 9.09. The Balaban J connectivity index is 2.93. The Bertz CT molecular complexity index is 398. The zero-order chi connectivity index (χ0) is 8.72. The fraction of sp³-hybridized carbons (Fsp3) is 0.143. The molecule has 2 rings (SSSR count). The summed E-state index contributed by atoms with van der Waals surface area (Å²) in [5, 5.41) is 9.38. The lowest BCUT2D eigenvalue weighted by Gasteiger charge is -1.97. The van der Waals surface area contributed by atoms with Gasteiger partial charge in [0.05, 0.1) is 6.20 Å². The quantitative estimate of drug-likeness (QED) is 0.628. The van der Waals surface area contributed by atoms with Gasteiger partial charge in [-0.3, -0.25) is 4.40 Å². The van der Waals surface area contributed by atoms with Crippen LogP contribution in [0.5, 0.6) is 5.88 Å². The second-order valence-corrected chi connectivity index (χ2v) is 2.84. The summed E-state index contributed by atoms with van der Waals surface area (Å²) in [5.74, 6) is -0.0481. The van der Waals surface area contributed by atoms with Crippen LogP contribution in [0.25, 0.3) is 5.65 Å². The second-order valence-electron chi connectivity index (χ2n) is 2.50. The van der Waals surface area contributed by atoms with Gasteiger partial charge >= 0.3 is 0 Å². The number of hydrogen-bond donors (Lipinski definition) is 1. The monoisotopic (exact) mass is 183 g/mol. The van der Waals surface area contributed by atoms with Gasteiger partial charge in [-0.1, -0.05) is 0 Å². The minimum absolute atomic E-state index is 0.0481. The van der Waals surface area contributed by atoms with Crippen LogP contribution in [-0.2, 0) is 0 Å². The standard InChI is InChI=1S/C7H6ClN3O/c1-4-2-9-7(8)11-3-5(12)10-6(4)11/h2-3,12H,1H3. The molecule has 0 aliphatic heterocycles. The van der Waals surface area contributed by atoms with Crippen molar-refractivity contribution in [3.63, 3.8) is 0 Å². The number of aryl methyl sites for hydroxylation is 1. The molecule has 0 aromatic carbocycles. The first-order valence-corrected chi connectivity index (χ1v) is 3.75. The van der Waals surface area contributed by atoms with E-state index >= 15 is 0 Å². The van der Waals surface area contributed by atoms with Crippen molar-refractivity contribution in [2.75, 3.05) is 0 Å². The molecule has 2 aromatic rings. The summed E-state index contributed by atoms with van der Waals surface area (Å²) in [6.07, 6.45) is 3.04. The first-order chi connectivity index (χ1) is 5.68. The molecule has 0 radical (unpaired) electrons. The molecule has 2 aromatic heterocycles. The van der Waals surface area contributed by atoms with Crippen LogP contribution in [0.4, 0.5) is 0 Å². The van der Waals surface area contributed by atoms with Gasteiger partial charge in [0.25, 0.3) is 0 Å². The van der Waals surface area contributed by atoms with Crippen LogP contribution in [0, 0.1) is 6.92 Å². The minimum Gasteiger partial charge on any atom is -0.492 e. The van der Waals surface area contributed by atoms with Crippen LogP contribution in [0.3, 0.4) is 0 Å². The average Bonchev–Trinajstić information content (AvgIpc) is 2.41. The lowest BCUT2D eigenvalue weighted by molar-refractivity contribution is 0.457. The van der Waals surface area contributed by atoms with Crippen molar-refractivity contribution >= 4 is 17.2 Å². The van der Waals surface area contributed by atoms with Crippen molar-refractivity contribution in [1.82, 2.24) is 14.4 Å². The third kappa shape index (κ3) is 0.921. The van der Waals surface area contributed by atoms with Gasteiger partial charge < -0.3 is 5.11 Å². The number of rotatable bonds is 0. The third-order valence-corrected chi connectivity index (χ3v) is 1.89. The van der Waals surface area contributed by atoms with Gasteiger partial charge in [-0.15, -0.1) is 0 Å². The maximum Gasteiger partial charge on any atom is 0.230 e. The maximum atomic E-state index is 9.09. The van der Waals surface area contributed by atoms with Crippen molar-refractivity contribution < 1.29 is 5.11 Å². The zero-order valence-corrected chi connectivity index (χ0v) is 7.08. The highest BCUT2D eigenvalue weighted by atomic mass is 35.5. The molecule has 0 atom stereocenters. The van der Waals surface area contributed by atoms with Gasteiger partial charge in [0, 0.05) is 11.8 Å². The van der Waals surface area contributed by atoms with Crippen LogP contribution in [0.15, 0.2) is 12.4 Å². The predicted molar refractivity (Wildman–Crippen MR) is 44.4 cm³/mol. The number of hydrogen-bond acceptors (Lipinski definition) is 3. The normalized spacial score (nSPS) is 10.8. The summed E-state index contributed by atoms with van der Waals surface area (Å²) in [6.45, 7) is 1.85. The van der Waals surface area contributed by atoms with Crippen LogP contribution >= 0.6 is 11.6 Å². The van der Waals surface area contributed by atoms with E-state index in [1.165, 1.54) is 10.6 Å². The molecular formula is C7H6ClN3O. The van der Waals surface area contributed by atoms with Crippen LogP contribution in [0.1, 0.15) is 5.56 Å². The summed E-state index contributed by atoms with van der Waals surface area (Å²) in [6, 6.07) is 0. The van der Waals surface area contributed by atoms with Gasteiger partial charge in [0.15, 0.2) is 0 Å². The lowest BCUT2D eigenvalue weighted by atomic mass is 10.4. The largest absolute Gasteiger partial charge is 0.492 e. The van der Waals surface area contributed by atoms with Crippen molar-refractivity contribution in [2.45, 2.75) is 6.92 Å². The molecule has 1 N–H and O–H groups in total. The molecule has 0 unspecified atom stereocenters. The average molecular weight is 184 g/mol. The number of halogens is 1. The van der Waals surface area contributed by atoms with E-state index in [2.05, 4.69) is 9.97 Å². The topological polar surface area (TPSA) is 50.4 Å². The van der Waals surface area contributed by atoms with Crippen molar-refractivity contribution in [3.8, 4) is 5.88 Å². The fourth-order valence-electron chi connectivity index (χ4n) is 1.06. The van der Waals surface area contributed by atoms with E-state index in [-0.39, 0.29) is 5.88 Å². The molecule has 0 saturated carbocycles. The number of nitrogens with zero attached hydrogens (tertiary/aromatic N) is 3. The van der Waals surface area contributed by atoms with E-state index in [0.717, 1.165) is 5.56 Å². The molecule has 5 heteroatoms. The zero-order valence-electron chi connectivity index (χ0n) is 6.32. The summed E-state index contributed by atoms with van der Waals surface area (Å²) < 4.78 is 1.53. The van der Waals surface area contributed by atoms with Crippen LogP contribution < -0.4 is 0 Å². The third-order valence-electron chi connectivity index (χ3n) is 1.61. The molecule has 0 saturated heterocycles. The SMILES string of the molecule is Cc1cnc(Cl)n2cc(O)nc12. The first kappa shape index (κ1) is 7.36. The van der Waals surface area contributed by atoms with E-state index in [1.54, 1.807) is 6.20 Å². The highest BCUT2D eigenvalue weighted by Gasteiger charge is 2.05. The molecule has 2 heterocycles. The Labute approximate surface area is 73.5 Å². The second kappa shape index (κ2) is 2.35. The van der Waals surface area contributed by atoms with E-state index in [4.69, 9.17) is 16.7 Å². The molecule has 4 nitrogen and oxygen atoms in total. The summed E-state index contributed by atoms with van der Waals surface area (Å²) in [4.78, 5) is 7.77. The van der Waals surface area contributed by atoms with E-state index in [0.29, 0.717) is 10.9 Å². The smallest absolute Gasteiger partial charge is 0.230 e. The molecule has 62 valence electrons. The highest BCUT2D eigenvalue weighted by molar-refractivity contribution is 6.28. The number of fused-ring (bicyclic) bond motifs is 1. The Morgan fingerprint density at radius 1 is 1.58 bits per heavy atom. The fourth-order valence-corrected chi connectivity index (χ4v) is 1.23. The van der Waals surface area contributed by atoms with Gasteiger partial charge in [0.1, 0.15) is 5.65 Å². The van der Waals surface area contributed by atoms with Gasteiger partial charge in [0.2, 0.25) is 11.2 Å². The van der Waals surface area contributed by atoms with E-state index < -0.39 is 0 Å². The molecule has 0 bridgehead atoms. The summed E-state index contributed by atoms with van der Waals surface area (Å²) in [5.41, 5.74) is 1.51. The first-order valence-electron chi connectivity index (χ1n) is 3.37. The molecule has 0 fully saturated rings. The molecule has 12 heavy (non-hydrogen) atoms. The number of aromatic hydroxyl groups is 1. The van der Waals surface area contributed by atoms with Crippen LogP contribution in [-0.4, -0.2) is 19.5 Å². The Morgan fingerprint density at radius 2 is 2.33 bits per heavy atom.